The zero-order chi connectivity index (χ0) is 15.1. The van der Waals surface area contributed by atoms with Crippen LogP contribution in [-0.4, -0.2) is 30.6 Å². The summed E-state index contributed by atoms with van der Waals surface area (Å²) in [6.07, 6.45) is 1.61. The lowest BCUT2D eigenvalue weighted by molar-refractivity contribution is -0.149. The van der Waals surface area contributed by atoms with Gasteiger partial charge in [0, 0.05) is 6.08 Å². The summed E-state index contributed by atoms with van der Waals surface area (Å²) in [6, 6.07) is 5.33. The van der Waals surface area contributed by atoms with Gasteiger partial charge in [-0.3, -0.25) is 4.79 Å². The van der Waals surface area contributed by atoms with E-state index in [1.165, 1.54) is 0 Å². The number of methoxy groups -OCH3 is 1. The van der Waals surface area contributed by atoms with Crippen molar-refractivity contribution in [3.63, 3.8) is 0 Å². The quantitative estimate of drug-likeness (QED) is 0.374. The second-order valence-corrected chi connectivity index (χ2v) is 4.00. The Hall–Kier alpha value is -2.30. The van der Waals surface area contributed by atoms with E-state index in [4.69, 9.17) is 4.74 Å². The fraction of sp³-hybridized carbons (Fsp3) is 0.333. The largest absolute Gasteiger partial charge is 0.507 e. The predicted octanol–water partition coefficient (Wildman–Crippen LogP) is 2.29. The predicted molar refractivity (Wildman–Crippen MR) is 74.6 cm³/mol. The maximum Gasteiger partial charge on any atom is 0.378 e. The number of hydrogen-bond donors (Lipinski definition) is 1. The molecule has 0 heterocycles. The highest BCUT2D eigenvalue weighted by atomic mass is 16.5. The number of carbonyl (C=O) groups is 2. The monoisotopic (exact) mass is 278 g/mol. The summed E-state index contributed by atoms with van der Waals surface area (Å²) < 4.78 is 9.69. The molecule has 0 aliphatic carbocycles. The molecule has 0 radical (unpaired) electrons. The number of hydrogen-bond acceptors (Lipinski definition) is 5. The van der Waals surface area contributed by atoms with E-state index in [9.17, 15) is 14.7 Å². The van der Waals surface area contributed by atoms with Crippen molar-refractivity contribution in [3.05, 3.63) is 35.4 Å². The van der Waals surface area contributed by atoms with Crippen LogP contribution in [0.2, 0.25) is 0 Å². The first-order chi connectivity index (χ1) is 9.53. The number of ether oxygens (including phenoxy) is 2. The van der Waals surface area contributed by atoms with Gasteiger partial charge in [0.2, 0.25) is 0 Å². The zero-order valence-corrected chi connectivity index (χ0v) is 11.8. The molecule has 1 aromatic rings. The number of aryl methyl sites for hydroxylation is 1. The first-order valence-corrected chi connectivity index (χ1v) is 6.32. The van der Waals surface area contributed by atoms with Crippen molar-refractivity contribution in [2.75, 3.05) is 13.7 Å². The zero-order valence-electron chi connectivity index (χ0n) is 11.8. The van der Waals surface area contributed by atoms with Crippen molar-refractivity contribution in [2.45, 2.75) is 20.3 Å². The lowest BCUT2D eigenvalue weighted by Crippen LogP contribution is -2.13. The van der Waals surface area contributed by atoms with Crippen LogP contribution >= 0.6 is 0 Å². The van der Waals surface area contributed by atoms with Gasteiger partial charge >= 0.3 is 5.97 Å². The second-order valence-electron chi connectivity index (χ2n) is 4.00. The molecule has 5 nitrogen and oxygen atoms in total. The summed E-state index contributed by atoms with van der Waals surface area (Å²) in [4.78, 5) is 22.5. The molecule has 108 valence electrons. The molecular weight excluding hydrogens is 260 g/mol. The number of esters is 1. The summed E-state index contributed by atoms with van der Waals surface area (Å²) >= 11 is 0. The fourth-order valence-electron chi connectivity index (χ4n) is 1.64. The Kier molecular flexibility index (Phi) is 5.77. The van der Waals surface area contributed by atoms with Crippen LogP contribution < -0.4 is 4.74 Å². The van der Waals surface area contributed by atoms with E-state index < -0.39 is 11.8 Å². The van der Waals surface area contributed by atoms with Crippen LogP contribution in [0.1, 0.15) is 25.0 Å². The van der Waals surface area contributed by atoms with Crippen LogP contribution in [0.25, 0.3) is 5.76 Å². The fourth-order valence-corrected chi connectivity index (χ4v) is 1.64. The molecule has 20 heavy (non-hydrogen) atoms. The molecular formula is C15H18O5. The van der Waals surface area contributed by atoms with Crippen LogP contribution in [0.4, 0.5) is 0 Å². The van der Waals surface area contributed by atoms with Crippen LogP contribution in [-0.2, 0) is 20.7 Å². The van der Waals surface area contributed by atoms with Crippen molar-refractivity contribution in [3.8, 4) is 5.75 Å². The molecule has 0 amide bonds. The van der Waals surface area contributed by atoms with Crippen molar-refractivity contribution < 1.29 is 24.2 Å². The van der Waals surface area contributed by atoms with Gasteiger partial charge in [-0.2, -0.15) is 0 Å². The minimum Gasteiger partial charge on any atom is -0.507 e. The van der Waals surface area contributed by atoms with Crippen molar-refractivity contribution >= 4 is 17.5 Å². The molecule has 0 unspecified atom stereocenters. The van der Waals surface area contributed by atoms with Gasteiger partial charge in [0.05, 0.1) is 19.3 Å². The van der Waals surface area contributed by atoms with Crippen LogP contribution in [0.5, 0.6) is 5.75 Å². The molecule has 0 atom stereocenters. The average molecular weight is 278 g/mol. The van der Waals surface area contributed by atoms with Gasteiger partial charge in [0.15, 0.2) is 0 Å². The van der Waals surface area contributed by atoms with E-state index in [0.29, 0.717) is 17.9 Å². The van der Waals surface area contributed by atoms with Gasteiger partial charge in [-0.15, -0.1) is 0 Å². The average Bonchev–Trinajstić information content (AvgIpc) is 2.46. The number of aliphatic hydroxyl groups excluding tert-OH is 1. The van der Waals surface area contributed by atoms with Crippen LogP contribution in [0.3, 0.4) is 0 Å². The molecule has 0 spiro atoms. The van der Waals surface area contributed by atoms with E-state index in [1.807, 2.05) is 19.9 Å². The third kappa shape index (κ3) is 3.85. The minimum atomic E-state index is -1.03. The Labute approximate surface area is 117 Å². The van der Waals surface area contributed by atoms with E-state index in [-0.39, 0.29) is 5.76 Å². The van der Waals surface area contributed by atoms with E-state index >= 15 is 0 Å². The third-order valence-electron chi connectivity index (χ3n) is 2.68. The summed E-state index contributed by atoms with van der Waals surface area (Å²) in [5.41, 5.74) is 1.36. The molecule has 5 heteroatoms. The normalized spacial score (nSPS) is 11.1. The third-order valence-corrected chi connectivity index (χ3v) is 2.68. The maximum absolute atomic E-state index is 11.4. The van der Waals surface area contributed by atoms with Crippen molar-refractivity contribution in [1.29, 1.82) is 0 Å². The van der Waals surface area contributed by atoms with Crippen LogP contribution in [0.15, 0.2) is 24.3 Å². The number of benzene rings is 1. The van der Waals surface area contributed by atoms with E-state index in [1.54, 1.807) is 12.1 Å². The summed E-state index contributed by atoms with van der Waals surface area (Å²) in [5, 5.41) is 10.0. The van der Waals surface area contributed by atoms with Gasteiger partial charge in [-0.25, -0.2) is 4.79 Å². The van der Waals surface area contributed by atoms with Crippen LogP contribution in [0, 0.1) is 0 Å². The number of carbonyl (C=O) groups excluding carboxylic acids is 2. The lowest BCUT2D eigenvalue weighted by Gasteiger charge is -2.11. The Morgan fingerprint density at radius 3 is 2.55 bits per heavy atom. The van der Waals surface area contributed by atoms with Gasteiger partial charge in [0.1, 0.15) is 11.5 Å². The Balaban J connectivity index is 3.18. The molecule has 0 saturated carbocycles. The highest BCUT2D eigenvalue weighted by Crippen LogP contribution is 2.26. The number of aliphatic hydroxyl groups is 1. The lowest BCUT2D eigenvalue weighted by atomic mass is 10.1. The summed E-state index contributed by atoms with van der Waals surface area (Å²) in [6.45, 7) is 4.22. The molecule has 1 aromatic carbocycles. The summed E-state index contributed by atoms with van der Waals surface area (Å²) in [5.74, 6) is -1.81. The highest BCUT2D eigenvalue weighted by molar-refractivity contribution is 6.39. The van der Waals surface area contributed by atoms with Crippen molar-refractivity contribution in [2.24, 2.45) is 0 Å². The smallest absolute Gasteiger partial charge is 0.378 e. The van der Waals surface area contributed by atoms with Gasteiger partial charge in [0.25, 0.3) is 5.78 Å². The molecule has 0 bridgehead atoms. The molecule has 0 saturated heterocycles. The minimum absolute atomic E-state index is 0.320. The Morgan fingerprint density at radius 1 is 1.30 bits per heavy atom. The first kappa shape index (κ1) is 15.8. The topological polar surface area (TPSA) is 72.8 Å². The first-order valence-electron chi connectivity index (χ1n) is 6.32. The maximum atomic E-state index is 11.4. The SMILES string of the molecule is CCOc1ccc(CC)cc1/C(O)=C/C(=O)C(=O)OC. The molecule has 0 aliphatic rings. The van der Waals surface area contributed by atoms with Crippen molar-refractivity contribution in [1.82, 2.24) is 0 Å². The molecule has 0 aromatic heterocycles. The number of ketones is 1. The van der Waals surface area contributed by atoms with Gasteiger partial charge < -0.3 is 14.6 Å². The number of rotatable bonds is 6. The summed E-state index contributed by atoms with van der Waals surface area (Å²) in [7, 11) is 1.11. The van der Waals surface area contributed by atoms with E-state index in [0.717, 1.165) is 25.2 Å². The Bertz CT molecular complexity index is 531. The van der Waals surface area contributed by atoms with E-state index in [2.05, 4.69) is 4.74 Å². The van der Waals surface area contributed by atoms with Gasteiger partial charge in [-0.1, -0.05) is 13.0 Å². The standard InChI is InChI=1S/C15H18O5/c1-4-10-6-7-14(20-5-2)11(8-10)12(16)9-13(17)15(18)19-3/h6-9,16H,4-5H2,1-3H3/b12-9-. The van der Waals surface area contributed by atoms with Gasteiger partial charge in [-0.05, 0) is 31.0 Å². The molecule has 1 N–H and O–H groups in total. The highest BCUT2D eigenvalue weighted by Gasteiger charge is 2.15. The molecule has 0 aliphatic heterocycles. The Morgan fingerprint density at radius 2 is 2.00 bits per heavy atom. The molecule has 0 fully saturated rings. The second kappa shape index (κ2) is 7.33. The molecule has 1 rings (SSSR count).